The number of amides is 4. The Bertz CT molecular complexity index is 2000. The highest BCUT2D eigenvalue weighted by molar-refractivity contribution is 5.87. The maximum atomic E-state index is 13.7. The van der Waals surface area contributed by atoms with Crippen LogP contribution in [-0.4, -0.2) is 103 Å². The van der Waals surface area contributed by atoms with Crippen LogP contribution in [0, 0.1) is 18.8 Å². The van der Waals surface area contributed by atoms with E-state index in [-0.39, 0.29) is 35.7 Å². The first-order valence-electron chi connectivity index (χ1n) is 19.0. The molecule has 292 valence electrons. The molecule has 0 saturated carbocycles. The molecular weight excluding hydrogens is 701 g/mol. The van der Waals surface area contributed by atoms with Gasteiger partial charge in [-0.05, 0) is 55.6 Å². The number of nitrogens with one attached hydrogen (secondary N) is 3. The molecule has 14 nitrogen and oxygen atoms in total. The van der Waals surface area contributed by atoms with Gasteiger partial charge >= 0.3 is 12.2 Å². The van der Waals surface area contributed by atoms with Gasteiger partial charge in [0.15, 0.2) is 0 Å². The van der Waals surface area contributed by atoms with Crippen LogP contribution in [-0.2, 0) is 14.3 Å². The molecule has 4 heterocycles. The fourth-order valence-electron chi connectivity index (χ4n) is 7.93. The Hall–Kier alpha value is -5.66. The van der Waals surface area contributed by atoms with Gasteiger partial charge in [-0.25, -0.2) is 19.6 Å². The molecule has 4 N–H and O–H groups in total. The number of hydrogen-bond donors (Lipinski definition) is 4. The van der Waals surface area contributed by atoms with E-state index in [4.69, 9.17) is 14.7 Å². The number of nitrogens with zero attached hydrogens (tertiary/aromatic N) is 5. The molecule has 2 fully saturated rings. The van der Waals surface area contributed by atoms with Crippen LogP contribution in [0.25, 0.3) is 33.6 Å². The number of carbonyl (C=O) groups excluding carboxylic acids is 3. The number of ether oxygens (including phenoxy) is 1. The van der Waals surface area contributed by atoms with Crippen molar-refractivity contribution in [2.75, 3.05) is 27.2 Å². The van der Waals surface area contributed by atoms with E-state index in [9.17, 15) is 24.3 Å². The predicted molar refractivity (Wildman–Crippen MR) is 208 cm³/mol. The third-order valence-corrected chi connectivity index (χ3v) is 10.9. The number of hydrogen-bond acceptors (Lipinski definition) is 7. The molecule has 4 amide bonds. The zero-order valence-corrected chi connectivity index (χ0v) is 32.6. The van der Waals surface area contributed by atoms with Gasteiger partial charge < -0.3 is 34.9 Å². The number of imidazole rings is 2. The summed E-state index contributed by atoms with van der Waals surface area (Å²) in [6, 6.07) is 14.5. The molecule has 2 aromatic heterocycles. The molecule has 0 spiro atoms. The number of aromatic amines is 2. The zero-order valence-electron chi connectivity index (χ0n) is 32.6. The Morgan fingerprint density at radius 3 is 1.91 bits per heavy atom. The third-order valence-electron chi connectivity index (χ3n) is 10.9. The van der Waals surface area contributed by atoms with Gasteiger partial charge in [-0.15, -0.1) is 0 Å². The van der Waals surface area contributed by atoms with Crippen LogP contribution in [0.2, 0.25) is 0 Å². The average Bonchev–Trinajstić information content (AvgIpc) is 4.00. The molecule has 4 aromatic rings. The summed E-state index contributed by atoms with van der Waals surface area (Å²) in [7, 11) is 2.74. The number of rotatable bonds is 11. The number of benzene rings is 2. The van der Waals surface area contributed by atoms with Crippen molar-refractivity contribution in [2.24, 2.45) is 11.8 Å². The van der Waals surface area contributed by atoms with Crippen molar-refractivity contribution < 1.29 is 29.0 Å². The van der Waals surface area contributed by atoms with E-state index in [1.807, 2.05) is 65.1 Å². The summed E-state index contributed by atoms with van der Waals surface area (Å²) >= 11 is 0. The quantitative estimate of drug-likeness (QED) is 0.130. The SMILES string of the molecule is COC(=O)N[C@H](C(=O)N1CCCC1c1nc(-c2ccc(-c3ccc(-c4nc([C@@H]5CCCN5C(=O)[C@H](C(C)C)N(C)C(=O)O)[nH]c4C)cc3)cc2)c[nH]1)C(C)C. The molecule has 6 rings (SSSR count). The van der Waals surface area contributed by atoms with E-state index in [2.05, 4.69) is 39.6 Å². The van der Waals surface area contributed by atoms with Gasteiger partial charge in [0.25, 0.3) is 0 Å². The van der Waals surface area contributed by atoms with Crippen molar-refractivity contribution in [1.82, 2.24) is 40.0 Å². The first-order chi connectivity index (χ1) is 26.3. The van der Waals surface area contributed by atoms with Crippen molar-refractivity contribution in [3.05, 3.63) is 72.1 Å². The Kier molecular flexibility index (Phi) is 11.6. The van der Waals surface area contributed by atoms with Crippen LogP contribution < -0.4 is 5.32 Å². The molecule has 2 aliphatic rings. The summed E-state index contributed by atoms with van der Waals surface area (Å²) in [5.41, 5.74) is 6.48. The molecule has 4 atom stereocenters. The lowest BCUT2D eigenvalue weighted by molar-refractivity contribution is -0.138. The van der Waals surface area contributed by atoms with E-state index in [0.29, 0.717) is 18.9 Å². The number of aryl methyl sites for hydroxylation is 1. The lowest BCUT2D eigenvalue weighted by Crippen LogP contribution is -2.51. The standard InChI is InChI=1S/C41H52N8O6/c1-23(2)33(46-40(52)55-7)38(50)48-20-8-10-31(48)36-42-22-30(44-36)28-16-12-26(13-17-28)27-14-18-29(19-15-27)34-25(5)43-37(45-34)32-11-9-21-49(32)39(51)35(24(3)4)47(6)41(53)54/h12-19,22-24,31-33,35H,8-11,20-21H2,1-7H3,(H,42,44)(H,43,45)(H,46,52)(H,53,54)/t31?,32-,33-,35-/m0/s1. The lowest BCUT2D eigenvalue weighted by atomic mass is 10.0. The van der Waals surface area contributed by atoms with Crippen LogP contribution in [0.5, 0.6) is 0 Å². The Morgan fingerprint density at radius 2 is 1.36 bits per heavy atom. The first kappa shape index (κ1) is 39.0. The minimum Gasteiger partial charge on any atom is -0.465 e. The van der Waals surface area contributed by atoms with Gasteiger partial charge in [-0.2, -0.15) is 0 Å². The minimum absolute atomic E-state index is 0.108. The summed E-state index contributed by atoms with van der Waals surface area (Å²) in [5, 5.41) is 12.3. The number of H-pyrrole nitrogens is 2. The van der Waals surface area contributed by atoms with E-state index >= 15 is 0 Å². The van der Waals surface area contributed by atoms with Gasteiger partial charge in [-0.1, -0.05) is 76.2 Å². The maximum Gasteiger partial charge on any atom is 0.407 e. The topological polar surface area (TPSA) is 177 Å². The van der Waals surface area contributed by atoms with E-state index < -0.39 is 24.3 Å². The molecule has 2 aromatic carbocycles. The summed E-state index contributed by atoms with van der Waals surface area (Å²) < 4.78 is 4.75. The summed E-state index contributed by atoms with van der Waals surface area (Å²) in [4.78, 5) is 72.2. The van der Waals surface area contributed by atoms with Crippen molar-refractivity contribution >= 4 is 24.0 Å². The summed E-state index contributed by atoms with van der Waals surface area (Å²) in [6.45, 7) is 10.6. The third kappa shape index (κ3) is 8.08. The van der Waals surface area contributed by atoms with Crippen molar-refractivity contribution in [3.63, 3.8) is 0 Å². The second-order valence-corrected chi connectivity index (χ2v) is 15.2. The molecule has 55 heavy (non-hydrogen) atoms. The van der Waals surface area contributed by atoms with E-state index in [1.54, 1.807) is 9.80 Å². The predicted octanol–water partition coefficient (Wildman–Crippen LogP) is 6.78. The van der Waals surface area contributed by atoms with Crippen LogP contribution in [0.1, 0.15) is 82.8 Å². The Balaban J connectivity index is 1.13. The van der Waals surface area contributed by atoms with Gasteiger partial charge in [-0.3, -0.25) is 14.5 Å². The van der Waals surface area contributed by atoms with Crippen LogP contribution in [0.3, 0.4) is 0 Å². The van der Waals surface area contributed by atoms with Gasteiger partial charge in [0.05, 0.1) is 30.6 Å². The Morgan fingerprint density at radius 1 is 0.818 bits per heavy atom. The number of methoxy groups -OCH3 is 1. The molecule has 2 aliphatic heterocycles. The lowest BCUT2D eigenvalue weighted by Gasteiger charge is -2.33. The highest BCUT2D eigenvalue weighted by Crippen LogP contribution is 2.36. The molecular formula is C41H52N8O6. The molecule has 2 saturated heterocycles. The number of alkyl carbamates (subject to hydrolysis) is 1. The van der Waals surface area contributed by atoms with Gasteiger partial charge in [0.2, 0.25) is 11.8 Å². The number of likely N-dealkylation sites (N-methyl/N-ethyl adjacent to an activating group) is 1. The van der Waals surface area contributed by atoms with Gasteiger partial charge in [0.1, 0.15) is 23.7 Å². The smallest absolute Gasteiger partial charge is 0.407 e. The molecule has 0 aliphatic carbocycles. The maximum absolute atomic E-state index is 13.7. The van der Waals surface area contributed by atoms with Crippen LogP contribution in [0.15, 0.2) is 54.7 Å². The number of likely N-dealkylation sites (tertiary alicyclic amines) is 2. The highest BCUT2D eigenvalue weighted by Gasteiger charge is 2.40. The monoisotopic (exact) mass is 752 g/mol. The molecule has 1 unspecified atom stereocenters. The highest BCUT2D eigenvalue weighted by atomic mass is 16.5. The zero-order chi connectivity index (χ0) is 39.6. The average molecular weight is 753 g/mol. The minimum atomic E-state index is -1.12. The number of carboxylic acid groups (broad SMARTS) is 1. The van der Waals surface area contributed by atoms with Crippen molar-refractivity contribution in [1.29, 1.82) is 0 Å². The normalized spacial score (nSPS) is 18.1. The van der Waals surface area contributed by atoms with Gasteiger partial charge in [0, 0.05) is 43.2 Å². The van der Waals surface area contributed by atoms with Crippen molar-refractivity contribution in [3.8, 4) is 33.6 Å². The molecule has 14 heteroatoms. The van der Waals surface area contributed by atoms with E-state index in [0.717, 1.165) is 75.7 Å². The first-order valence-corrected chi connectivity index (χ1v) is 19.0. The molecule has 0 bridgehead atoms. The largest absolute Gasteiger partial charge is 0.465 e. The number of aromatic nitrogens is 4. The van der Waals surface area contributed by atoms with Crippen molar-refractivity contribution in [2.45, 2.75) is 84.5 Å². The number of carbonyl (C=O) groups is 4. The van der Waals surface area contributed by atoms with Crippen LogP contribution >= 0.6 is 0 Å². The fourth-order valence-corrected chi connectivity index (χ4v) is 7.93. The van der Waals surface area contributed by atoms with Crippen LogP contribution in [0.4, 0.5) is 9.59 Å². The summed E-state index contributed by atoms with van der Waals surface area (Å²) in [6.07, 6.45) is 3.31. The summed E-state index contributed by atoms with van der Waals surface area (Å²) in [5.74, 6) is 0.807. The second kappa shape index (κ2) is 16.4. The fraction of sp³-hybridized carbons (Fsp3) is 0.463. The molecule has 0 radical (unpaired) electrons. The Labute approximate surface area is 321 Å². The van der Waals surface area contributed by atoms with E-state index in [1.165, 1.54) is 14.2 Å². The second-order valence-electron chi connectivity index (χ2n) is 15.2.